The summed E-state index contributed by atoms with van der Waals surface area (Å²) in [4.78, 5) is 27.4. The maximum Gasteiger partial charge on any atom is 0.258 e. The highest BCUT2D eigenvalue weighted by Crippen LogP contribution is 2.25. The zero-order chi connectivity index (χ0) is 26.8. The van der Waals surface area contributed by atoms with E-state index in [-0.39, 0.29) is 11.7 Å². The summed E-state index contributed by atoms with van der Waals surface area (Å²) in [5.74, 6) is 1.72. The Bertz CT molecular complexity index is 1610. The normalized spacial score (nSPS) is 13.5. The highest BCUT2D eigenvalue weighted by atomic mass is 19.1. The van der Waals surface area contributed by atoms with Crippen LogP contribution in [0.15, 0.2) is 66.9 Å². The highest BCUT2D eigenvalue weighted by molar-refractivity contribution is 6.03. The minimum absolute atomic E-state index is 0.330. The van der Waals surface area contributed by atoms with Crippen molar-refractivity contribution in [2.24, 2.45) is 0 Å². The molecule has 5 aromatic rings. The molecular formula is C28H26FN7O3. The molecule has 1 amide bonds. The Hall–Kier alpha value is -4.77. The number of carbonyl (C=O) groups excluding carboxylic acids is 1. The number of H-pyrrole nitrogens is 1. The van der Waals surface area contributed by atoms with Gasteiger partial charge in [-0.05, 0) is 42.0 Å². The van der Waals surface area contributed by atoms with Crippen molar-refractivity contribution < 1.29 is 18.7 Å². The first-order chi connectivity index (χ1) is 19.1. The number of morpholine rings is 1. The van der Waals surface area contributed by atoms with Gasteiger partial charge in [-0.25, -0.2) is 14.4 Å². The standard InChI is InChI=1S/C28H26FN7O3/c1-38-21-6-2-18(3-7-21)17-36-24(27-31-22-8-5-20(29)14-23(22)32-27)15-25(34-36)33-28(37)19-4-9-26(30-16-19)35-10-12-39-13-11-35/h2-9,14-16H,10-13,17H2,1H3,(H,31,32)(H,33,34,37). The Labute approximate surface area is 223 Å². The van der Waals surface area contributed by atoms with Gasteiger partial charge in [0.2, 0.25) is 0 Å². The average molecular weight is 528 g/mol. The van der Waals surface area contributed by atoms with Gasteiger partial charge in [0.15, 0.2) is 11.6 Å². The van der Waals surface area contributed by atoms with Crippen molar-refractivity contribution in [3.8, 4) is 17.3 Å². The van der Waals surface area contributed by atoms with Gasteiger partial charge >= 0.3 is 0 Å². The molecule has 1 aliphatic rings. The van der Waals surface area contributed by atoms with Gasteiger partial charge in [0.1, 0.15) is 23.1 Å². The van der Waals surface area contributed by atoms with Crippen molar-refractivity contribution in [2.45, 2.75) is 6.54 Å². The Kier molecular flexibility index (Phi) is 6.64. The van der Waals surface area contributed by atoms with E-state index in [9.17, 15) is 9.18 Å². The minimum Gasteiger partial charge on any atom is -0.497 e. The zero-order valence-corrected chi connectivity index (χ0v) is 21.2. The number of methoxy groups -OCH3 is 1. The lowest BCUT2D eigenvalue weighted by Gasteiger charge is -2.27. The van der Waals surface area contributed by atoms with Crippen molar-refractivity contribution >= 4 is 28.6 Å². The summed E-state index contributed by atoms with van der Waals surface area (Å²) in [6, 6.07) is 17.3. The number of imidazole rings is 1. The Morgan fingerprint density at radius 2 is 1.92 bits per heavy atom. The van der Waals surface area contributed by atoms with Crippen molar-refractivity contribution in [2.75, 3.05) is 43.6 Å². The lowest BCUT2D eigenvalue weighted by Crippen LogP contribution is -2.36. The zero-order valence-electron chi connectivity index (χ0n) is 21.2. The highest BCUT2D eigenvalue weighted by Gasteiger charge is 2.18. The maximum atomic E-state index is 13.8. The molecule has 0 aliphatic carbocycles. The van der Waals surface area contributed by atoms with E-state index >= 15 is 0 Å². The Morgan fingerprint density at radius 1 is 1.10 bits per heavy atom. The quantitative estimate of drug-likeness (QED) is 0.328. The summed E-state index contributed by atoms with van der Waals surface area (Å²) < 4.78 is 26.2. The van der Waals surface area contributed by atoms with E-state index in [1.54, 1.807) is 36.2 Å². The first kappa shape index (κ1) is 24.6. The number of halogens is 1. The smallest absolute Gasteiger partial charge is 0.258 e. The van der Waals surface area contributed by atoms with Crippen LogP contribution in [0.3, 0.4) is 0 Å². The SMILES string of the molecule is COc1ccc(Cn2nc(NC(=O)c3ccc(N4CCOCC4)nc3)cc2-c2nc3cc(F)ccc3[nH]2)cc1. The van der Waals surface area contributed by atoms with E-state index in [1.807, 2.05) is 30.3 Å². The molecule has 0 atom stereocenters. The van der Waals surface area contributed by atoms with Crippen LogP contribution in [0, 0.1) is 5.82 Å². The van der Waals surface area contributed by atoms with Crippen molar-refractivity contribution in [1.29, 1.82) is 0 Å². The number of nitrogens with zero attached hydrogens (tertiary/aromatic N) is 5. The minimum atomic E-state index is -0.367. The summed E-state index contributed by atoms with van der Waals surface area (Å²) >= 11 is 0. The van der Waals surface area contributed by atoms with Crippen molar-refractivity contribution in [1.82, 2.24) is 24.7 Å². The number of aromatic amines is 1. The molecule has 1 fully saturated rings. The van der Waals surface area contributed by atoms with E-state index in [1.165, 1.54) is 12.1 Å². The summed E-state index contributed by atoms with van der Waals surface area (Å²) in [7, 11) is 1.62. The number of carbonyl (C=O) groups is 1. The fourth-order valence-corrected chi connectivity index (χ4v) is 4.48. The van der Waals surface area contributed by atoms with E-state index in [2.05, 4.69) is 30.3 Å². The van der Waals surface area contributed by atoms with E-state index in [4.69, 9.17) is 9.47 Å². The van der Waals surface area contributed by atoms with Gasteiger partial charge in [0.25, 0.3) is 5.91 Å². The third kappa shape index (κ3) is 5.30. The molecule has 6 rings (SSSR count). The van der Waals surface area contributed by atoms with Crippen LogP contribution >= 0.6 is 0 Å². The summed E-state index contributed by atoms with van der Waals surface area (Å²) in [5.41, 5.74) is 3.22. The maximum absolute atomic E-state index is 13.8. The number of aromatic nitrogens is 5. The van der Waals surface area contributed by atoms with Gasteiger partial charge in [0.05, 0.1) is 43.5 Å². The third-order valence-corrected chi connectivity index (χ3v) is 6.55. The van der Waals surface area contributed by atoms with E-state index in [0.29, 0.717) is 53.7 Å². The van der Waals surface area contributed by atoms with Crippen LogP contribution in [0.25, 0.3) is 22.6 Å². The summed E-state index contributed by atoms with van der Waals surface area (Å²) in [6.07, 6.45) is 1.56. The molecule has 0 saturated carbocycles. The fourth-order valence-electron chi connectivity index (χ4n) is 4.48. The molecule has 4 heterocycles. The predicted octanol–water partition coefficient (Wildman–Crippen LogP) is 4.11. The molecule has 0 bridgehead atoms. The van der Waals surface area contributed by atoms with Gasteiger partial charge in [-0.2, -0.15) is 5.10 Å². The predicted molar refractivity (Wildman–Crippen MR) is 145 cm³/mol. The lowest BCUT2D eigenvalue weighted by molar-refractivity contribution is 0.102. The number of anilines is 2. The fraction of sp³-hybridized carbons (Fsp3) is 0.214. The number of hydrogen-bond donors (Lipinski definition) is 2. The van der Waals surface area contributed by atoms with Crippen LogP contribution in [0.1, 0.15) is 15.9 Å². The molecule has 11 heteroatoms. The number of ether oxygens (including phenoxy) is 2. The molecular weight excluding hydrogens is 501 g/mol. The number of hydrogen-bond acceptors (Lipinski definition) is 7. The van der Waals surface area contributed by atoms with E-state index < -0.39 is 0 Å². The number of benzene rings is 2. The van der Waals surface area contributed by atoms with Gasteiger partial charge < -0.3 is 24.7 Å². The summed E-state index contributed by atoms with van der Waals surface area (Å²) in [5, 5.41) is 7.51. The molecule has 0 unspecified atom stereocenters. The molecule has 3 aromatic heterocycles. The molecule has 10 nitrogen and oxygen atoms in total. The largest absolute Gasteiger partial charge is 0.497 e. The monoisotopic (exact) mass is 527 g/mol. The molecule has 2 aromatic carbocycles. The Morgan fingerprint density at radius 3 is 2.67 bits per heavy atom. The van der Waals surface area contributed by atoms with E-state index in [0.717, 1.165) is 30.2 Å². The molecule has 2 N–H and O–H groups in total. The number of pyridine rings is 1. The molecule has 39 heavy (non-hydrogen) atoms. The molecule has 1 saturated heterocycles. The second-order valence-corrected chi connectivity index (χ2v) is 9.13. The van der Waals surface area contributed by atoms with Crippen LogP contribution in [-0.2, 0) is 11.3 Å². The average Bonchev–Trinajstić information content (AvgIpc) is 3.57. The molecule has 1 aliphatic heterocycles. The van der Waals surface area contributed by atoms with Gasteiger partial charge in [0, 0.05) is 31.4 Å². The van der Waals surface area contributed by atoms with Crippen LogP contribution < -0.4 is 15.0 Å². The van der Waals surface area contributed by atoms with Gasteiger partial charge in [-0.1, -0.05) is 12.1 Å². The second-order valence-electron chi connectivity index (χ2n) is 9.13. The number of nitrogens with one attached hydrogen (secondary N) is 2. The second kappa shape index (κ2) is 10.5. The van der Waals surface area contributed by atoms with Gasteiger partial charge in [-0.15, -0.1) is 0 Å². The summed E-state index contributed by atoms with van der Waals surface area (Å²) in [6.45, 7) is 3.26. The Balaban J connectivity index is 1.28. The molecule has 0 radical (unpaired) electrons. The van der Waals surface area contributed by atoms with Crippen LogP contribution in [-0.4, -0.2) is 64.1 Å². The van der Waals surface area contributed by atoms with Crippen LogP contribution in [0.5, 0.6) is 5.75 Å². The number of rotatable bonds is 7. The number of fused-ring (bicyclic) bond motifs is 1. The first-order valence-electron chi connectivity index (χ1n) is 12.5. The third-order valence-electron chi connectivity index (χ3n) is 6.55. The lowest BCUT2D eigenvalue weighted by atomic mass is 10.2. The first-order valence-corrected chi connectivity index (χ1v) is 12.5. The molecule has 0 spiro atoms. The number of amides is 1. The topological polar surface area (TPSA) is 110 Å². The van der Waals surface area contributed by atoms with Crippen molar-refractivity contribution in [3.63, 3.8) is 0 Å². The van der Waals surface area contributed by atoms with Crippen molar-refractivity contribution in [3.05, 3.63) is 83.8 Å². The van der Waals surface area contributed by atoms with Crippen LogP contribution in [0.2, 0.25) is 0 Å². The van der Waals surface area contributed by atoms with Crippen LogP contribution in [0.4, 0.5) is 16.0 Å². The van der Waals surface area contributed by atoms with Gasteiger partial charge in [-0.3, -0.25) is 9.48 Å². The molecule has 198 valence electrons.